The molecule has 2 aromatic heterocycles. The minimum Gasteiger partial charge on any atom is -0.494 e. The molecular formula is C20H23FN3O2S+. The summed E-state index contributed by atoms with van der Waals surface area (Å²) in [7, 11) is 1.46. The number of thiophene rings is 1. The zero-order valence-corrected chi connectivity index (χ0v) is 16.3. The standard InChI is InChI=1S/C20H22FN3O2S/c1-3-24(10-12-7-8-15(26-2)14(21)9-12)11-17-22-19(25)18-13-5-4-6-16(13)27-20(18)23-17/h7-9H,3-6,10-11H2,1-2H3,(H,22,23,25)/p+1. The molecule has 0 saturated carbocycles. The van der Waals surface area contributed by atoms with Gasteiger partial charge in [-0.25, -0.2) is 9.37 Å². The van der Waals surface area contributed by atoms with Gasteiger partial charge in [0, 0.05) is 10.4 Å². The Kier molecular flexibility index (Phi) is 4.97. The topological polar surface area (TPSA) is 59.4 Å². The molecule has 0 saturated heterocycles. The molecule has 1 aliphatic rings. The van der Waals surface area contributed by atoms with Crippen LogP contribution in [0.4, 0.5) is 4.39 Å². The molecule has 5 nitrogen and oxygen atoms in total. The molecule has 2 heterocycles. The first-order valence-corrected chi connectivity index (χ1v) is 10.1. The zero-order chi connectivity index (χ0) is 19.0. The second-order valence-corrected chi connectivity index (χ2v) is 8.06. The highest BCUT2D eigenvalue weighted by molar-refractivity contribution is 7.18. The molecule has 142 valence electrons. The van der Waals surface area contributed by atoms with E-state index in [1.165, 1.54) is 28.5 Å². The second-order valence-electron chi connectivity index (χ2n) is 6.98. The van der Waals surface area contributed by atoms with Crippen LogP contribution >= 0.6 is 11.3 Å². The number of hydrogen-bond donors (Lipinski definition) is 2. The Labute approximate surface area is 160 Å². The number of hydrogen-bond acceptors (Lipinski definition) is 4. The molecule has 0 aliphatic heterocycles. The van der Waals surface area contributed by atoms with E-state index in [1.807, 2.05) is 6.07 Å². The quantitative estimate of drug-likeness (QED) is 0.681. The maximum atomic E-state index is 13.9. The summed E-state index contributed by atoms with van der Waals surface area (Å²) in [5.41, 5.74) is 2.06. The van der Waals surface area contributed by atoms with Gasteiger partial charge in [-0.05, 0) is 49.9 Å². The van der Waals surface area contributed by atoms with E-state index < -0.39 is 0 Å². The van der Waals surface area contributed by atoms with Crippen LogP contribution in [0.3, 0.4) is 0 Å². The Bertz CT molecular complexity index is 1040. The number of H-pyrrole nitrogens is 1. The fraction of sp³-hybridized carbons (Fsp3) is 0.400. The molecule has 4 rings (SSSR count). The molecule has 0 bridgehead atoms. The molecule has 27 heavy (non-hydrogen) atoms. The van der Waals surface area contributed by atoms with Crippen LogP contribution in [0.15, 0.2) is 23.0 Å². The van der Waals surface area contributed by atoms with Crippen molar-refractivity contribution < 1.29 is 14.0 Å². The van der Waals surface area contributed by atoms with Crippen molar-refractivity contribution in [2.24, 2.45) is 0 Å². The largest absolute Gasteiger partial charge is 0.494 e. The number of aromatic nitrogens is 2. The molecule has 0 radical (unpaired) electrons. The molecule has 1 atom stereocenters. The van der Waals surface area contributed by atoms with Crippen molar-refractivity contribution in [1.29, 1.82) is 0 Å². The molecule has 0 amide bonds. The number of aryl methyl sites for hydroxylation is 2. The first kappa shape index (κ1) is 18.1. The maximum absolute atomic E-state index is 13.9. The van der Waals surface area contributed by atoms with Gasteiger partial charge in [0.25, 0.3) is 5.56 Å². The zero-order valence-electron chi connectivity index (χ0n) is 15.5. The Morgan fingerprint density at radius 2 is 2.19 bits per heavy atom. The molecule has 7 heteroatoms. The van der Waals surface area contributed by atoms with Gasteiger partial charge in [0.1, 0.15) is 17.9 Å². The Morgan fingerprint density at radius 3 is 2.93 bits per heavy atom. The van der Waals surface area contributed by atoms with Gasteiger partial charge in [-0.1, -0.05) is 0 Å². The van der Waals surface area contributed by atoms with Gasteiger partial charge in [0.2, 0.25) is 0 Å². The second kappa shape index (κ2) is 7.40. The lowest BCUT2D eigenvalue weighted by molar-refractivity contribution is -0.926. The normalized spacial score (nSPS) is 14.5. The van der Waals surface area contributed by atoms with Crippen molar-refractivity contribution in [3.05, 3.63) is 56.2 Å². The summed E-state index contributed by atoms with van der Waals surface area (Å²) >= 11 is 1.66. The van der Waals surface area contributed by atoms with Crippen LogP contribution in [-0.2, 0) is 25.9 Å². The van der Waals surface area contributed by atoms with E-state index in [2.05, 4.69) is 11.9 Å². The lowest BCUT2D eigenvalue weighted by Gasteiger charge is -2.17. The van der Waals surface area contributed by atoms with E-state index in [1.54, 1.807) is 17.4 Å². The average molecular weight is 388 g/mol. The van der Waals surface area contributed by atoms with Crippen molar-refractivity contribution in [3.8, 4) is 5.75 Å². The van der Waals surface area contributed by atoms with Crippen molar-refractivity contribution >= 4 is 21.6 Å². The summed E-state index contributed by atoms with van der Waals surface area (Å²) in [5.74, 6) is 0.587. The number of quaternary nitrogens is 1. The summed E-state index contributed by atoms with van der Waals surface area (Å²) in [6.07, 6.45) is 3.17. The predicted molar refractivity (Wildman–Crippen MR) is 104 cm³/mol. The number of aromatic amines is 1. The Morgan fingerprint density at radius 1 is 1.33 bits per heavy atom. The van der Waals surface area contributed by atoms with Crippen molar-refractivity contribution in [2.75, 3.05) is 13.7 Å². The molecule has 3 aromatic rings. The monoisotopic (exact) mass is 388 g/mol. The third-order valence-electron chi connectivity index (χ3n) is 5.21. The number of fused-ring (bicyclic) bond motifs is 3. The van der Waals surface area contributed by atoms with Gasteiger partial charge < -0.3 is 14.6 Å². The van der Waals surface area contributed by atoms with Gasteiger partial charge in [-0.15, -0.1) is 11.3 Å². The summed E-state index contributed by atoms with van der Waals surface area (Å²) in [6, 6.07) is 5.04. The minimum atomic E-state index is -0.355. The number of rotatable bonds is 6. The number of nitrogens with zero attached hydrogens (tertiary/aromatic N) is 1. The highest BCUT2D eigenvalue weighted by Crippen LogP contribution is 2.34. The third-order valence-corrected chi connectivity index (χ3v) is 6.40. The summed E-state index contributed by atoms with van der Waals surface area (Å²) in [4.78, 5) is 23.7. The number of methoxy groups -OCH3 is 1. The lowest BCUT2D eigenvalue weighted by atomic mass is 10.2. The fourth-order valence-corrected chi connectivity index (χ4v) is 5.07. The van der Waals surface area contributed by atoms with Crippen LogP contribution in [0.5, 0.6) is 5.75 Å². The first-order chi connectivity index (χ1) is 13.1. The summed E-state index contributed by atoms with van der Waals surface area (Å²) in [6.45, 7) is 4.17. The van der Waals surface area contributed by atoms with E-state index in [9.17, 15) is 9.18 Å². The van der Waals surface area contributed by atoms with Gasteiger partial charge in [0.15, 0.2) is 17.4 Å². The van der Waals surface area contributed by atoms with E-state index >= 15 is 0 Å². The van der Waals surface area contributed by atoms with E-state index in [0.717, 1.165) is 41.6 Å². The van der Waals surface area contributed by atoms with E-state index in [4.69, 9.17) is 9.72 Å². The van der Waals surface area contributed by atoms with Crippen LogP contribution in [0.2, 0.25) is 0 Å². The van der Waals surface area contributed by atoms with E-state index in [0.29, 0.717) is 18.9 Å². The van der Waals surface area contributed by atoms with Gasteiger partial charge in [-0.2, -0.15) is 0 Å². The van der Waals surface area contributed by atoms with Gasteiger partial charge in [0.05, 0.1) is 19.0 Å². The van der Waals surface area contributed by atoms with Gasteiger partial charge in [-0.3, -0.25) is 4.79 Å². The number of benzene rings is 1. The van der Waals surface area contributed by atoms with Crippen molar-refractivity contribution in [2.45, 2.75) is 39.3 Å². The summed E-state index contributed by atoms with van der Waals surface area (Å²) in [5, 5.41) is 0.784. The third kappa shape index (κ3) is 3.49. The Balaban J connectivity index is 1.56. The van der Waals surface area contributed by atoms with Crippen LogP contribution < -0.4 is 15.2 Å². The van der Waals surface area contributed by atoms with Crippen molar-refractivity contribution in [1.82, 2.24) is 9.97 Å². The van der Waals surface area contributed by atoms with Crippen LogP contribution in [-0.4, -0.2) is 23.6 Å². The minimum absolute atomic E-state index is 0.0275. The molecule has 0 spiro atoms. The molecule has 1 aromatic carbocycles. The highest BCUT2D eigenvalue weighted by atomic mass is 32.1. The van der Waals surface area contributed by atoms with Crippen molar-refractivity contribution in [3.63, 3.8) is 0 Å². The molecule has 0 fully saturated rings. The number of halogens is 1. The Hall–Kier alpha value is -2.25. The summed E-state index contributed by atoms with van der Waals surface area (Å²) < 4.78 is 18.9. The van der Waals surface area contributed by atoms with Gasteiger partial charge >= 0.3 is 0 Å². The lowest BCUT2D eigenvalue weighted by Crippen LogP contribution is -3.09. The van der Waals surface area contributed by atoms with E-state index in [-0.39, 0.29) is 17.1 Å². The molecule has 2 N–H and O–H groups in total. The number of ether oxygens (including phenoxy) is 1. The fourth-order valence-electron chi connectivity index (χ4n) is 3.79. The van der Waals surface area contributed by atoms with Crippen LogP contribution in [0.1, 0.15) is 35.2 Å². The average Bonchev–Trinajstić information content (AvgIpc) is 3.22. The maximum Gasteiger partial charge on any atom is 0.260 e. The number of nitrogens with one attached hydrogen (secondary N) is 2. The van der Waals surface area contributed by atoms with Crippen LogP contribution in [0, 0.1) is 5.82 Å². The molecule has 1 aliphatic carbocycles. The van der Waals surface area contributed by atoms with Crippen LogP contribution in [0.25, 0.3) is 10.2 Å². The molecule has 1 unspecified atom stereocenters. The molecular weight excluding hydrogens is 365 g/mol. The smallest absolute Gasteiger partial charge is 0.260 e. The highest BCUT2D eigenvalue weighted by Gasteiger charge is 2.22. The predicted octanol–water partition coefficient (Wildman–Crippen LogP) is 2.23. The SMILES string of the molecule is CC[NH+](Cc1ccc(OC)c(F)c1)Cc1nc2sc3c(c2c(=O)[nH]1)CCC3. The first-order valence-electron chi connectivity index (χ1n) is 9.28.